The Labute approximate surface area is 140 Å². The maximum absolute atomic E-state index is 5.63. The summed E-state index contributed by atoms with van der Waals surface area (Å²) in [6.07, 6.45) is 5.96. The second-order valence-electron chi connectivity index (χ2n) is 5.70. The third kappa shape index (κ3) is 3.22. The predicted octanol–water partition coefficient (Wildman–Crippen LogP) is 2.85. The Morgan fingerprint density at radius 1 is 1.17 bits per heavy atom. The van der Waals surface area contributed by atoms with E-state index in [-0.39, 0.29) is 6.79 Å². The van der Waals surface area contributed by atoms with E-state index < -0.39 is 0 Å². The fraction of sp³-hybridized carbons (Fsp3) is 0.294. The van der Waals surface area contributed by atoms with Gasteiger partial charge in [0, 0.05) is 30.2 Å². The highest BCUT2D eigenvalue weighted by atomic mass is 32.1. The molecule has 23 heavy (non-hydrogen) atoms. The Bertz CT molecular complexity index is 719. The second-order valence-corrected chi connectivity index (χ2v) is 6.09. The zero-order valence-electron chi connectivity index (χ0n) is 12.6. The normalized spacial score (nSPS) is 15.3. The summed E-state index contributed by atoms with van der Waals surface area (Å²) in [7, 11) is 0. The fourth-order valence-electron chi connectivity index (χ4n) is 2.48. The number of benzene rings is 1. The highest BCUT2D eigenvalue weighted by molar-refractivity contribution is 7.80. The highest BCUT2D eigenvalue weighted by Gasteiger charge is 2.25. The largest absolute Gasteiger partial charge is 0.454 e. The monoisotopic (exact) mass is 327 g/mol. The molecular formula is C17H17N3O2S. The van der Waals surface area contributed by atoms with Crippen LogP contribution in [0, 0.1) is 0 Å². The van der Waals surface area contributed by atoms with E-state index >= 15 is 0 Å². The van der Waals surface area contributed by atoms with Crippen LogP contribution in [0.4, 0.5) is 5.69 Å². The molecule has 1 aliphatic heterocycles. The average Bonchev–Trinajstić information content (AvgIpc) is 3.26. The van der Waals surface area contributed by atoms with Gasteiger partial charge in [-0.25, -0.2) is 0 Å². The number of aromatic nitrogens is 1. The van der Waals surface area contributed by atoms with Crippen LogP contribution >= 0.6 is 12.2 Å². The number of rotatable bonds is 4. The summed E-state index contributed by atoms with van der Waals surface area (Å²) in [5.74, 6) is 1.54. The van der Waals surface area contributed by atoms with Gasteiger partial charge in [0.05, 0.1) is 6.54 Å². The van der Waals surface area contributed by atoms with Crippen molar-refractivity contribution in [2.45, 2.75) is 25.4 Å². The van der Waals surface area contributed by atoms with Gasteiger partial charge in [0.25, 0.3) is 0 Å². The van der Waals surface area contributed by atoms with Crippen molar-refractivity contribution in [2.75, 3.05) is 11.7 Å². The fourth-order valence-corrected chi connectivity index (χ4v) is 2.82. The lowest BCUT2D eigenvalue weighted by molar-refractivity contribution is 0.174. The first-order chi connectivity index (χ1) is 11.3. The first kappa shape index (κ1) is 14.3. The summed E-state index contributed by atoms with van der Waals surface area (Å²) in [4.78, 5) is 6.16. The lowest BCUT2D eigenvalue weighted by Gasteiger charge is -2.26. The molecule has 0 radical (unpaired) electrons. The van der Waals surface area contributed by atoms with Gasteiger partial charge in [0.1, 0.15) is 0 Å². The zero-order chi connectivity index (χ0) is 15.6. The molecule has 2 heterocycles. The van der Waals surface area contributed by atoms with Crippen LogP contribution in [0.3, 0.4) is 0 Å². The standard InChI is InChI=1S/C17H17N3O2S/c23-17(19-13-1-2-13)20(10-12-5-7-18-8-6-12)14-3-4-15-16(9-14)22-11-21-15/h3-9,13H,1-2,10-11H2,(H,19,23). The van der Waals surface area contributed by atoms with Crippen molar-refractivity contribution >= 4 is 23.0 Å². The summed E-state index contributed by atoms with van der Waals surface area (Å²) in [5, 5.41) is 4.15. The van der Waals surface area contributed by atoms with Crippen LogP contribution in [0.15, 0.2) is 42.7 Å². The van der Waals surface area contributed by atoms with Crippen LogP contribution in [-0.4, -0.2) is 22.9 Å². The van der Waals surface area contributed by atoms with E-state index in [2.05, 4.69) is 15.2 Å². The molecule has 2 aliphatic rings. The molecule has 0 atom stereocenters. The Kier molecular flexibility index (Phi) is 3.75. The molecule has 0 bridgehead atoms. The Morgan fingerprint density at radius 3 is 2.74 bits per heavy atom. The van der Waals surface area contributed by atoms with Crippen molar-refractivity contribution < 1.29 is 9.47 Å². The lowest BCUT2D eigenvalue weighted by atomic mass is 10.2. The molecule has 1 fully saturated rings. The molecule has 1 aromatic heterocycles. The molecule has 1 aliphatic carbocycles. The number of hydrogen-bond donors (Lipinski definition) is 1. The van der Waals surface area contributed by atoms with E-state index in [1.807, 2.05) is 30.3 Å². The SMILES string of the molecule is S=C(NC1CC1)N(Cc1ccncc1)c1ccc2c(c1)OCO2. The Morgan fingerprint density at radius 2 is 1.96 bits per heavy atom. The summed E-state index contributed by atoms with van der Waals surface area (Å²) >= 11 is 5.63. The molecule has 1 saturated carbocycles. The molecule has 6 heteroatoms. The molecule has 1 aromatic carbocycles. The predicted molar refractivity (Wildman–Crippen MR) is 91.7 cm³/mol. The minimum Gasteiger partial charge on any atom is -0.454 e. The van der Waals surface area contributed by atoms with Crippen molar-refractivity contribution in [1.29, 1.82) is 0 Å². The van der Waals surface area contributed by atoms with Crippen LogP contribution in [0.2, 0.25) is 0 Å². The molecule has 0 saturated heterocycles. The van der Waals surface area contributed by atoms with Gasteiger partial charge in [-0.2, -0.15) is 0 Å². The highest BCUT2D eigenvalue weighted by Crippen LogP contribution is 2.36. The molecule has 0 unspecified atom stereocenters. The first-order valence-corrected chi connectivity index (χ1v) is 8.07. The molecule has 118 valence electrons. The number of nitrogens with one attached hydrogen (secondary N) is 1. The van der Waals surface area contributed by atoms with Crippen molar-refractivity contribution in [3.8, 4) is 11.5 Å². The van der Waals surface area contributed by atoms with Gasteiger partial charge in [-0.15, -0.1) is 0 Å². The van der Waals surface area contributed by atoms with E-state index in [1.54, 1.807) is 12.4 Å². The van der Waals surface area contributed by atoms with E-state index in [1.165, 1.54) is 12.8 Å². The van der Waals surface area contributed by atoms with Crippen molar-refractivity contribution in [3.63, 3.8) is 0 Å². The molecule has 5 nitrogen and oxygen atoms in total. The molecule has 2 aromatic rings. The van der Waals surface area contributed by atoms with E-state index in [0.717, 1.165) is 27.9 Å². The van der Waals surface area contributed by atoms with Crippen LogP contribution in [-0.2, 0) is 6.54 Å². The molecular weight excluding hydrogens is 310 g/mol. The van der Waals surface area contributed by atoms with Gasteiger partial charge >= 0.3 is 0 Å². The lowest BCUT2D eigenvalue weighted by Crippen LogP contribution is -2.40. The van der Waals surface area contributed by atoms with Gasteiger partial charge < -0.3 is 19.7 Å². The maximum Gasteiger partial charge on any atom is 0.231 e. The summed E-state index contributed by atoms with van der Waals surface area (Å²) in [6, 6.07) is 10.4. The topological polar surface area (TPSA) is 46.6 Å². The molecule has 1 N–H and O–H groups in total. The average molecular weight is 327 g/mol. The summed E-state index contributed by atoms with van der Waals surface area (Å²) in [6.45, 7) is 0.953. The van der Waals surface area contributed by atoms with Crippen LogP contribution < -0.4 is 19.7 Å². The summed E-state index contributed by atoms with van der Waals surface area (Å²) < 4.78 is 10.9. The van der Waals surface area contributed by atoms with Crippen LogP contribution in [0.5, 0.6) is 11.5 Å². The smallest absolute Gasteiger partial charge is 0.231 e. The van der Waals surface area contributed by atoms with Gasteiger partial charge in [-0.05, 0) is 54.9 Å². The number of nitrogens with zero attached hydrogens (tertiary/aromatic N) is 2. The molecule has 0 spiro atoms. The molecule has 4 rings (SSSR count). The maximum atomic E-state index is 5.63. The number of thiocarbonyl (C=S) groups is 1. The van der Waals surface area contributed by atoms with E-state index in [4.69, 9.17) is 21.7 Å². The van der Waals surface area contributed by atoms with E-state index in [0.29, 0.717) is 12.6 Å². The number of anilines is 1. The zero-order valence-corrected chi connectivity index (χ0v) is 13.4. The number of fused-ring (bicyclic) bond motifs is 1. The van der Waals surface area contributed by atoms with Crippen molar-refractivity contribution in [3.05, 3.63) is 48.3 Å². The van der Waals surface area contributed by atoms with Crippen molar-refractivity contribution in [2.24, 2.45) is 0 Å². The number of ether oxygens (including phenoxy) is 2. The Hall–Kier alpha value is -2.34. The van der Waals surface area contributed by atoms with Gasteiger partial charge in [-0.3, -0.25) is 4.98 Å². The minimum absolute atomic E-state index is 0.272. The van der Waals surface area contributed by atoms with Crippen molar-refractivity contribution in [1.82, 2.24) is 10.3 Å². The number of pyridine rings is 1. The third-order valence-electron chi connectivity index (χ3n) is 3.91. The van der Waals surface area contributed by atoms with E-state index in [9.17, 15) is 0 Å². The third-order valence-corrected chi connectivity index (χ3v) is 4.25. The van der Waals surface area contributed by atoms with Crippen LogP contribution in [0.1, 0.15) is 18.4 Å². The van der Waals surface area contributed by atoms with Crippen LogP contribution in [0.25, 0.3) is 0 Å². The summed E-state index contributed by atoms with van der Waals surface area (Å²) in [5.41, 5.74) is 2.14. The molecule has 0 amide bonds. The minimum atomic E-state index is 0.272. The Balaban J connectivity index is 1.62. The second kappa shape index (κ2) is 6.04. The first-order valence-electron chi connectivity index (χ1n) is 7.66. The quantitative estimate of drug-likeness (QED) is 0.872. The van der Waals surface area contributed by atoms with Gasteiger partial charge in [-0.1, -0.05) is 0 Å². The van der Waals surface area contributed by atoms with Gasteiger partial charge in [0.15, 0.2) is 16.6 Å². The number of hydrogen-bond acceptors (Lipinski definition) is 4. The van der Waals surface area contributed by atoms with Gasteiger partial charge in [0.2, 0.25) is 6.79 Å².